The van der Waals surface area contributed by atoms with Crippen molar-refractivity contribution in [2.45, 2.75) is 0 Å². The topological polar surface area (TPSA) is 34.5 Å². The molecule has 14 rings (SSSR count). The van der Waals surface area contributed by atoms with Crippen LogP contribution in [0.15, 0.2) is 251 Å². The van der Waals surface area contributed by atoms with Crippen LogP contribution >= 0.6 is 0 Å². The summed E-state index contributed by atoms with van der Waals surface area (Å²) in [6.45, 7) is 0. The number of para-hydroxylation sites is 5. The zero-order valence-corrected chi connectivity index (χ0v) is 36.8. The maximum atomic E-state index is 6.94. The highest BCUT2D eigenvalue weighted by atomic mass is 16.3. The van der Waals surface area contributed by atoms with Gasteiger partial charge < -0.3 is 18.3 Å². The van der Waals surface area contributed by atoms with Crippen LogP contribution in [0.4, 0.5) is 17.1 Å². The van der Waals surface area contributed by atoms with Gasteiger partial charge in [-0.3, -0.25) is 0 Å². The average molecular weight is 869 g/mol. The summed E-state index contributed by atoms with van der Waals surface area (Å²) in [4.78, 5) is 2.37. The highest BCUT2D eigenvalue weighted by Gasteiger charge is 2.23. The Labute approximate surface area is 391 Å². The second-order valence-corrected chi connectivity index (χ2v) is 17.6. The van der Waals surface area contributed by atoms with Gasteiger partial charge in [-0.1, -0.05) is 170 Å². The van der Waals surface area contributed by atoms with Gasteiger partial charge in [-0.2, -0.15) is 0 Å². The van der Waals surface area contributed by atoms with Crippen molar-refractivity contribution in [1.29, 1.82) is 0 Å². The molecule has 4 nitrogen and oxygen atoms in total. The average Bonchev–Trinajstić information content (AvgIpc) is 4.10. The van der Waals surface area contributed by atoms with Crippen molar-refractivity contribution in [1.82, 2.24) is 4.57 Å². The number of benzene rings is 11. The lowest BCUT2D eigenvalue weighted by atomic mass is 9.97. The zero-order valence-electron chi connectivity index (χ0n) is 36.8. The van der Waals surface area contributed by atoms with Crippen LogP contribution in [0.5, 0.6) is 0 Å². The van der Waals surface area contributed by atoms with E-state index in [1.54, 1.807) is 0 Å². The van der Waals surface area contributed by atoms with E-state index in [9.17, 15) is 0 Å². The van der Waals surface area contributed by atoms with E-state index in [4.69, 9.17) is 8.83 Å². The van der Waals surface area contributed by atoms with E-state index in [1.165, 1.54) is 43.7 Å². The molecule has 0 aliphatic heterocycles. The van der Waals surface area contributed by atoms with Crippen molar-refractivity contribution in [3.63, 3.8) is 0 Å². The van der Waals surface area contributed by atoms with Crippen LogP contribution in [-0.4, -0.2) is 4.57 Å². The van der Waals surface area contributed by atoms with Crippen LogP contribution in [0.3, 0.4) is 0 Å². The lowest BCUT2D eigenvalue weighted by molar-refractivity contribution is 0.669. The monoisotopic (exact) mass is 868 g/mol. The molecule has 68 heavy (non-hydrogen) atoms. The molecule has 14 aromatic rings. The normalized spacial score (nSPS) is 11.8. The number of hydrogen-bond acceptors (Lipinski definition) is 3. The first-order chi connectivity index (χ1) is 33.7. The Balaban J connectivity index is 0.928. The summed E-state index contributed by atoms with van der Waals surface area (Å²) in [6.07, 6.45) is 0. The molecule has 11 aromatic carbocycles. The summed E-state index contributed by atoms with van der Waals surface area (Å²) < 4.78 is 15.8. The summed E-state index contributed by atoms with van der Waals surface area (Å²) in [5.41, 5.74) is 16.7. The molecule has 0 amide bonds. The maximum absolute atomic E-state index is 6.94. The SMILES string of the molecule is c1ccc2c(-c3ccc(N(c4ccc(-c5cccc6c5oc5ccccc56)cc4)c4ccc(-c5ccc(-n6c7ccccc7c7ccccc76)cc5)c5oc6ccccc6c45)cc3)cccc2c1. The molecule has 318 valence electrons. The molecule has 4 heteroatoms. The zero-order chi connectivity index (χ0) is 44.7. The molecule has 0 unspecified atom stereocenters. The Morgan fingerprint density at radius 3 is 1.47 bits per heavy atom. The number of rotatable bonds is 7. The summed E-state index contributed by atoms with van der Waals surface area (Å²) in [6, 6.07) is 86.8. The first-order valence-electron chi connectivity index (χ1n) is 23.2. The minimum absolute atomic E-state index is 0.846. The number of aromatic nitrogens is 1. The summed E-state index contributed by atoms with van der Waals surface area (Å²) in [5.74, 6) is 0. The van der Waals surface area contributed by atoms with Gasteiger partial charge in [0.25, 0.3) is 0 Å². The molecule has 0 saturated carbocycles. The minimum atomic E-state index is 0.846. The molecule has 0 saturated heterocycles. The van der Waals surface area contributed by atoms with E-state index in [0.717, 1.165) is 88.9 Å². The molecule has 0 atom stereocenters. The van der Waals surface area contributed by atoms with Gasteiger partial charge in [0.05, 0.1) is 22.1 Å². The quantitative estimate of drug-likeness (QED) is 0.160. The largest absolute Gasteiger partial charge is 0.455 e. The molecule has 0 bridgehead atoms. The molecule has 0 aliphatic rings. The third kappa shape index (κ3) is 5.94. The fourth-order valence-corrected chi connectivity index (χ4v) is 10.7. The van der Waals surface area contributed by atoms with Gasteiger partial charge in [-0.25, -0.2) is 0 Å². The van der Waals surface area contributed by atoms with Crippen molar-refractivity contribution in [2.24, 2.45) is 0 Å². The Morgan fingerprint density at radius 2 is 0.779 bits per heavy atom. The predicted molar refractivity (Wildman–Crippen MR) is 284 cm³/mol. The molecule has 0 radical (unpaired) electrons. The van der Waals surface area contributed by atoms with Crippen LogP contribution in [0.25, 0.3) is 116 Å². The van der Waals surface area contributed by atoms with Crippen LogP contribution in [0.2, 0.25) is 0 Å². The molecule has 3 aromatic heterocycles. The number of hydrogen-bond donors (Lipinski definition) is 0. The summed E-state index contributed by atoms with van der Waals surface area (Å²) in [7, 11) is 0. The van der Waals surface area contributed by atoms with Gasteiger partial charge in [0.15, 0.2) is 0 Å². The molecule has 0 N–H and O–H groups in total. The fourth-order valence-electron chi connectivity index (χ4n) is 10.7. The van der Waals surface area contributed by atoms with Crippen molar-refractivity contribution < 1.29 is 8.83 Å². The van der Waals surface area contributed by atoms with Gasteiger partial charge in [-0.05, 0) is 106 Å². The van der Waals surface area contributed by atoms with Crippen LogP contribution < -0.4 is 4.90 Å². The molecule has 3 heterocycles. The highest BCUT2D eigenvalue weighted by molar-refractivity contribution is 6.17. The Bertz CT molecular complexity index is 4190. The predicted octanol–water partition coefficient (Wildman–Crippen LogP) is 18.2. The first kappa shape index (κ1) is 38.2. The van der Waals surface area contributed by atoms with Crippen molar-refractivity contribution >= 4 is 93.5 Å². The summed E-state index contributed by atoms with van der Waals surface area (Å²) >= 11 is 0. The van der Waals surface area contributed by atoms with E-state index in [2.05, 4.69) is 240 Å². The van der Waals surface area contributed by atoms with Crippen molar-refractivity contribution in [3.05, 3.63) is 243 Å². The summed E-state index contributed by atoms with van der Waals surface area (Å²) in [5, 5.41) is 9.31. The first-order valence-corrected chi connectivity index (χ1v) is 23.2. The second kappa shape index (κ2) is 15.2. The van der Waals surface area contributed by atoms with Gasteiger partial charge in [0, 0.05) is 55.1 Å². The van der Waals surface area contributed by atoms with Crippen LogP contribution in [0.1, 0.15) is 0 Å². The molecule has 0 fully saturated rings. The van der Waals surface area contributed by atoms with Gasteiger partial charge >= 0.3 is 0 Å². The third-order valence-corrected chi connectivity index (χ3v) is 13.8. The lowest BCUT2D eigenvalue weighted by Gasteiger charge is -2.27. The van der Waals surface area contributed by atoms with E-state index in [-0.39, 0.29) is 0 Å². The maximum Gasteiger partial charge on any atom is 0.145 e. The van der Waals surface area contributed by atoms with Gasteiger partial charge in [-0.15, -0.1) is 0 Å². The number of nitrogens with zero attached hydrogens (tertiary/aromatic N) is 2. The van der Waals surface area contributed by atoms with Crippen molar-refractivity contribution in [3.8, 4) is 39.1 Å². The smallest absolute Gasteiger partial charge is 0.145 e. The molecule has 0 spiro atoms. The Morgan fingerprint density at radius 1 is 0.309 bits per heavy atom. The Kier molecular flexibility index (Phi) is 8.55. The lowest BCUT2D eigenvalue weighted by Crippen LogP contribution is -2.10. The van der Waals surface area contributed by atoms with Crippen LogP contribution in [-0.2, 0) is 0 Å². The second-order valence-electron chi connectivity index (χ2n) is 17.6. The molecular weight excluding hydrogens is 829 g/mol. The minimum Gasteiger partial charge on any atom is -0.455 e. The van der Waals surface area contributed by atoms with E-state index in [0.29, 0.717) is 0 Å². The standard InChI is InChI=1S/C64H40N2O2/c1-2-15-48-41(13-1)14-11-20-49(48)42-27-33-45(34-28-42)65(46-35-29-43(30-36-46)50-21-12-22-55-54-18-5-9-25-60(54)67-63(50)55)59-40-39-51(64-62(59)56-19-6-10-26-61(56)68-64)44-31-37-47(38-32-44)66-57-23-7-3-16-52(57)53-17-4-8-24-58(53)66/h1-40H. The van der Waals surface area contributed by atoms with E-state index < -0.39 is 0 Å². The van der Waals surface area contributed by atoms with Crippen molar-refractivity contribution in [2.75, 3.05) is 4.90 Å². The number of anilines is 3. The van der Waals surface area contributed by atoms with E-state index in [1.807, 2.05) is 12.1 Å². The highest BCUT2D eigenvalue weighted by Crippen LogP contribution is 2.47. The molecular formula is C64H40N2O2. The third-order valence-electron chi connectivity index (χ3n) is 13.8. The fraction of sp³-hybridized carbons (Fsp3) is 0. The van der Waals surface area contributed by atoms with Gasteiger partial charge in [0.2, 0.25) is 0 Å². The Hall–Kier alpha value is -9.12. The van der Waals surface area contributed by atoms with Gasteiger partial charge in [0.1, 0.15) is 22.3 Å². The van der Waals surface area contributed by atoms with Crippen LogP contribution in [0, 0.1) is 0 Å². The molecule has 0 aliphatic carbocycles. The number of fused-ring (bicyclic) bond motifs is 10. The van der Waals surface area contributed by atoms with E-state index >= 15 is 0 Å². The number of furan rings is 2.